The van der Waals surface area contributed by atoms with Crippen LogP contribution in [-0.2, 0) is 0 Å². The number of pyridine rings is 2. The molecule has 0 radical (unpaired) electrons. The zero-order valence-corrected chi connectivity index (χ0v) is 8.90. The zero-order chi connectivity index (χ0) is 10.7. The topological polar surface area (TPSA) is 35.0 Å². The van der Waals surface area contributed by atoms with Gasteiger partial charge in [-0.05, 0) is 18.2 Å². The predicted molar refractivity (Wildman–Crippen MR) is 59.0 cm³/mol. The molecule has 0 bridgehead atoms. The molecule has 2 aromatic heterocycles. The van der Waals surface area contributed by atoms with Crippen LogP contribution in [-0.4, -0.2) is 17.1 Å². The fourth-order valence-corrected chi connectivity index (χ4v) is 1.39. The Labute approximate surface area is 92.7 Å². The van der Waals surface area contributed by atoms with Gasteiger partial charge in [-0.2, -0.15) is 0 Å². The second-order valence-electron chi connectivity index (χ2n) is 2.97. The Hall–Kier alpha value is -1.61. The molecule has 0 N–H and O–H groups in total. The summed E-state index contributed by atoms with van der Waals surface area (Å²) in [5, 5.41) is 0.655. The smallest absolute Gasteiger partial charge is 0.137 e. The van der Waals surface area contributed by atoms with Gasteiger partial charge in [-0.1, -0.05) is 11.6 Å². The number of nitrogens with zero attached hydrogens (tertiary/aromatic N) is 2. The van der Waals surface area contributed by atoms with Crippen molar-refractivity contribution >= 4 is 11.6 Å². The lowest BCUT2D eigenvalue weighted by molar-refractivity contribution is 0.413. The molecule has 4 heteroatoms. The Morgan fingerprint density at radius 3 is 2.87 bits per heavy atom. The number of hydrogen-bond acceptors (Lipinski definition) is 3. The van der Waals surface area contributed by atoms with Crippen LogP contribution in [0.3, 0.4) is 0 Å². The van der Waals surface area contributed by atoms with Gasteiger partial charge in [-0.3, -0.25) is 9.97 Å². The molecular weight excluding hydrogens is 212 g/mol. The Morgan fingerprint density at radius 1 is 1.27 bits per heavy atom. The molecule has 0 amide bonds. The van der Waals surface area contributed by atoms with Crippen LogP contribution < -0.4 is 4.74 Å². The molecule has 0 unspecified atom stereocenters. The molecule has 0 saturated heterocycles. The standard InChI is InChI=1S/C11H9ClN2O/c1-15-10-4-8(6-13-7-10)11-5-9(12)2-3-14-11/h2-7H,1H3. The van der Waals surface area contributed by atoms with Gasteiger partial charge in [0.25, 0.3) is 0 Å². The van der Waals surface area contributed by atoms with Crippen LogP contribution in [0.4, 0.5) is 0 Å². The molecule has 3 nitrogen and oxygen atoms in total. The quantitative estimate of drug-likeness (QED) is 0.781. The zero-order valence-electron chi connectivity index (χ0n) is 8.14. The summed E-state index contributed by atoms with van der Waals surface area (Å²) in [6, 6.07) is 5.39. The van der Waals surface area contributed by atoms with Crippen LogP contribution in [0.2, 0.25) is 5.02 Å². The van der Waals surface area contributed by atoms with Crippen molar-refractivity contribution in [3.63, 3.8) is 0 Å². The number of halogens is 1. The van der Waals surface area contributed by atoms with Crippen LogP contribution in [0.25, 0.3) is 11.3 Å². The average molecular weight is 221 g/mol. The number of rotatable bonds is 2. The van der Waals surface area contributed by atoms with E-state index in [0.717, 1.165) is 11.3 Å². The number of methoxy groups -OCH3 is 1. The van der Waals surface area contributed by atoms with E-state index in [4.69, 9.17) is 16.3 Å². The molecule has 0 aliphatic rings. The molecule has 0 atom stereocenters. The fourth-order valence-electron chi connectivity index (χ4n) is 1.23. The van der Waals surface area contributed by atoms with E-state index in [9.17, 15) is 0 Å². The van der Waals surface area contributed by atoms with Crippen molar-refractivity contribution < 1.29 is 4.74 Å². The van der Waals surface area contributed by atoms with Crippen LogP contribution in [0, 0.1) is 0 Å². The summed E-state index contributed by atoms with van der Waals surface area (Å²) in [7, 11) is 1.60. The molecule has 2 aromatic rings. The lowest BCUT2D eigenvalue weighted by Crippen LogP contribution is -1.87. The van der Waals surface area contributed by atoms with Crippen molar-refractivity contribution in [2.45, 2.75) is 0 Å². The van der Waals surface area contributed by atoms with Crippen molar-refractivity contribution in [1.29, 1.82) is 0 Å². The summed E-state index contributed by atoms with van der Waals surface area (Å²) in [6.45, 7) is 0. The van der Waals surface area contributed by atoms with Gasteiger partial charge in [0, 0.05) is 23.0 Å². The lowest BCUT2D eigenvalue weighted by Gasteiger charge is -2.03. The molecule has 0 spiro atoms. The highest BCUT2D eigenvalue weighted by Gasteiger charge is 2.01. The number of aromatic nitrogens is 2. The van der Waals surface area contributed by atoms with Crippen LogP contribution >= 0.6 is 11.6 Å². The van der Waals surface area contributed by atoms with E-state index in [2.05, 4.69) is 9.97 Å². The Balaban J connectivity index is 2.44. The van der Waals surface area contributed by atoms with Gasteiger partial charge < -0.3 is 4.74 Å². The van der Waals surface area contributed by atoms with E-state index in [-0.39, 0.29) is 0 Å². The third-order valence-electron chi connectivity index (χ3n) is 1.97. The van der Waals surface area contributed by atoms with Crippen molar-refractivity contribution in [2.24, 2.45) is 0 Å². The molecule has 0 aliphatic heterocycles. The molecule has 0 fully saturated rings. The first-order chi connectivity index (χ1) is 7.29. The van der Waals surface area contributed by atoms with E-state index in [1.807, 2.05) is 6.07 Å². The van der Waals surface area contributed by atoms with Crippen LogP contribution in [0.1, 0.15) is 0 Å². The Bertz CT molecular complexity index is 474. The summed E-state index contributed by atoms with van der Waals surface area (Å²) in [5.41, 5.74) is 1.67. The second kappa shape index (κ2) is 4.28. The minimum Gasteiger partial charge on any atom is -0.495 e. The van der Waals surface area contributed by atoms with Crippen molar-refractivity contribution in [3.8, 4) is 17.0 Å². The molecule has 0 aliphatic carbocycles. The third-order valence-corrected chi connectivity index (χ3v) is 2.20. The van der Waals surface area contributed by atoms with Crippen LogP contribution in [0.15, 0.2) is 36.8 Å². The summed E-state index contributed by atoms with van der Waals surface area (Å²) in [6.07, 6.45) is 5.03. The van der Waals surface area contributed by atoms with E-state index in [1.54, 1.807) is 37.8 Å². The van der Waals surface area contributed by atoms with Gasteiger partial charge in [0.1, 0.15) is 5.75 Å². The van der Waals surface area contributed by atoms with Gasteiger partial charge in [0.05, 0.1) is 19.0 Å². The maximum absolute atomic E-state index is 5.88. The predicted octanol–water partition coefficient (Wildman–Crippen LogP) is 2.81. The number of hydrogen-bond donors (Lipinski definition) is 0. The molecule has 2 rings (SSSR count). The molecule has 0 aromatic carbocycles. The second-order valence-corrected chi connectivity index (χ2v) is 3.41. The van der Waals surface area contributed by atoms with Gasteiger partial charge in [0.15, 0.2) is 0 Å². The summed E-state index contributed by atoms with van der Waals surface area (Å²) in [5.74, 6) is 0.703. The largest absolute Gasteiger partial charge is 0.495 e. The van der Waals surface area contributed by atoms with E-state index < -0.39 is 0 Å². The first kappa shape index (κ1) is 9.93. The number of ether oxygens (including phenoxy) is 1. The van der Waals surface area contributed by atoms with Crippen LogP contribution in [0.5, 0.6) is 5.75 Å². The fraction of sp³-hybridized carbons (Fsp3) is 0.0909. The van der Waals surface area contributed by atoms with E-state index in [1.165, 1.54) is 0 Å². The van der Waals surface area contributed by atoms with Crippen molar-refractivity contribution in [2.75, 3.05) is 7.11 Å². The van der Waals surface area contributed by atoms with E-state index in [0.29, 0.717) is 10.8 Å². The highest BCUT2D eigenvalue weighted by Crippen LogP contribution is 2.22. The lowest BCUT2D eigenvalue weighted by atomic mass is 10.2. The van der Waals surface area contributed by atoms with Gasteiger partial charge in [0.2, 0.25) is 0 Å². The summed E-state index contributed by atoms with van der Waals surface area (Å²) >= 11 is 5.88. The molecule has 76 valence electrons. The highest BCUT2D eigenvalue weighted by atomic mass is 35.5. The maximum atomic E-state index is 5.88. The Morgan fingerprint density at radius 2 is 2.13 bits per heavy atom. The normalized spacial score (nSPS) is 10.0. The third kappa shape index (κ3) is 2.25. The minimum atomic E-state index is 0.655. The average Bonchev–Trinajstić information content (AvgIpc) is 2.29. The first-order valence-corrected chi connectivity index (χ1v) is 4.78. The van der Waals surface area contributed by atoms with Gasteiger partial charge >= 0.3 is 0 Å². The maximum Gasteiger partial charge on any atom is 0.137 e. The Kier molecular flexibility index (Phi) is 2.83. The van der Waals surface area contributed by atoms with E-state index >= 15 is 0 Å². The van der Waals surface area contributed by atoms with Crippen molar-refractivity contribution in [1.82, 2.24) is 9.97 Å². The summed E-state index contributed by atoms with van der Waals surface area (Å²) < 4.78 is 5.08. The minimum absolute atomic E-state index is 0.655. The van der Waals surface area contributed by atoms with Gasteiger partial charge in [-0.25, -0.2) is 0 Å². The molecule has 15 heavy (non-hydrogen) atoms. The SMILES string of the molecule is COc1cncc(-c2cc(Cl)ccn2)c1. The van der Waals surface area contributed by atoms with Crippen molar-refractivity contribution in [3.05, 3.63) is 41.8 Å². The molecular formula is C11H9ClN2O. The first-order valence-electron chi connectivity index (χ1n) is 4.40. The van der Waals surface area contributed by atoms with Gasteiger partial charge in [-0.15, -0.1) is 0 Å². The summed E-state index contributed by atoms with van der Waals surface area (Å²) in [4.78, 5) is 8.26. The monoisotopic (exact) mass is 220 g/mol. The molecule has 2 heterocycles. The highest BCUT2D eigenvalue weighted by molar-refractivity contribution is 6.30. The molecule has 0 saturated carbocycles.